The van der Waals surface area contributed by atoms with Crippen molar-refractivity contribution in [2.75, 3.05) is 6.54 Å². The lowest BCUT2D eigenvalue weighted by molar-refractivity contribution is -0.151. The molecule has 0 rings (SSSR count). The summed E-state index contributed by atoms with van der Waals surface area (Å²) >= 11 is 0. The second-order valence-electron chi connectivity index (χ2n) is 3.18. The average Bonchev–Trinajstić information content (AvgIpc) is 2.13. The lowest BCUT2D eigenvalue weighted by atomic mass is 10.2. The zero-order chi connectivity index (χ0) is 9.94. The fourth-order valence-corrected chi connectivity index (χ4v) is 0.951. The molecule has 13 heavy (non-hydrogen) atoms. The molecule has 3 heteroatoms. The molecule has 0 fully saturated rings. The van der Waals surface area contributed by atoms with Crippen LogP contribution < -0.4 is 5.48 Å². The highest BCUT2D eigenvalue weighted by atomic mass is 16.7. The molecule has 0 spiro atoms. The van der Waals surface area contributed by atoms with Crippen LogP contribution in [-0.4, -0.2) is 12.5 Å². The summed E-state index contributed by atoms with van der Waals surface area (Å²) < 4.78 is 0. The maximum atomic E-state index is 11.0. The number of hydrogen-bond acceptors (Lipinski definition) is 3. The smallest absolute Gasteiger partial charge is 0.324 e. The molecule has 78 valence electrons. The van der Waals surface area contributed by atoms with Crippen LogP contribution in [0.2, 0.25) is 0 Å². The third-order valence-corrected chi connectivity index (χ3v) is 1.80. The first kappa shape index (κ1) is 12.4. The fraction of sp³-hybridized carbons (Fsp3) is 0.900. The van der Waals surface area contributed by atoms with Crippen molar-refractivity contribution >= 4 is 5.97 Å². The van der Waals surface area contributed by atoms with Crippen LogP contribution in [0.4, 0.5) is 0 Å². The van der Waals surface area contributed by atoms with Crippen LogP contribution in [0.15, 0.2) is 0 Å². The molecule has 3 nitrogen and oxygen atoms in total. The van der Waals surface area contributed by atoms with E-state index in [9.17, 15) is 4.79 Å². The van der Waals surface area contributed by atoms with Crippen LogP contribution >= 0.6 is 0 Å². The Hall–Kier alpha value is -0.570. The Balaban J connectivity index is 3.11. The van der Waals surface area contributed by atoms with Gasteiger partial charge in [0.15, 0.2) is 0 Å². The van der Waals surface area contributed by atoms with Gasteiger partial charge in [-0.15, -0.1) is 0 Å². The molecule has 0 amide bonds. The molecule has 0 saturated carbocycles. The Kier molecular flexibility index (Phi) is 9.10. The van der Waals surface area contributed by atoms with E-state index in [4.69, 9.17) is 4.84 Å². The van der Waals surface area contributed by atoms with Crippen molar-refractivity contribution in [1.82, 2.24) is 5.48 Å². The topological polar surface area (TPSA) is 38.3 Å². The molecule has 0 atom stereocenters. The molecule has 0 bridgehead atoms. The Morgan fingerprint density at radius 3 is 2.46 bits per heavy atom. The molecular weight excluding hydrogens is 166 g/mol. The van der Waals surface area contributed by atoms with Crippen molar-refractivity contribution in [2.45, 2.75) is 52.4 Å². The number of rotatable bonds is 8. The quantitative estimate of drug-likeness (QED) is 0.468. The van der Waals surface area contributed by atoms with Gasteiger partial charge in [0.2, 0.25) is 0 Å². The standard InChI is InChI=1S/C10H21NO2/c1-3-5-7-8-10(12)13-11-9-6-4-2/h11H,3-9H2,1-2H3. The minimum absolute atomic E-state index is 0.135. The van der Waals surface area contributed by atoms with Crippen molar-refractivity contribution in [3.8, 4) is 0 Å². The predicted octanol–water partition coefficient (Wildman–Crippen LogP) is 2.41. The van der Waals surface area contributed by atoms with Gasteiger partial charge < -0.3 is 4.84 Å². The molecule has 0 aliphatic carbocycles. The van der Waals surface area contributed by atoms with Gasteiger partial charge in [-0.3, -0.25) is 4.79 Å². The van der Waals surface area contributed by atoms with E-state index in [0.717, 1.165) is 38.6 Å². The highest BCUT2D eigenvalue weighted by molar-refractivity contribution is 5.68. The summed E-state index contributed by atoms with van der Waals surface area (Å²) in [6, 6.07) is 0. The lowest BCUT2D eigenvalue weighted by Crippen LogP contribution is -2.20. The number of hydrogen-bond donors (Lipinski definition) is 1. The summed E-state index contributed by atoms with van der Waals surface area (Å²) in [7, 11) is 0. The molecule has 0 aromatic rings. The van der Waals surface area contributed by atoms with Gasteiger partial charge in [-0.05, 0) is 12.8 Å². The minimum atomic E-state index is -0.135. The van der Waals surface area contributed by atoms with Gasteiger partial charge in [0.25, 0.3) is 0 Å². The summed E-state index contributed by atoms with van der Waals surface area (Å²) in [4.78, 5) is 15.8. The van der Waals surface area contributed by atoms with E-state index in [1.165, 1.54) is 0 Å². The van der Waals surface area contributed by atoms with Gasteiger partial charge in [0.05, 0.1) is 0 Å². The van der Waals surface area contributed by atoms with Crippen molar-refractivity contribution in [3.63, 3.8) is 0 Å². The summed E-state index contributed by atoms with van der Waals surface area (Å²) in [6.07, 6.45) is 5.86. The van der Waals surface area contributed by atoms with Crippen molar-refractivity contribution in [1.29, 1.82) is 0 Å². The number of carbonyl (C=O) groups is 1. The van der Waals surface area contributed by atoms with Crippen LogP contribution in [0.25, 0.3) is 0 Å². The Morgan fingerprint density at radius 2 is 1.85 bits per heavy atom. The zero-order valence-corrected chi connectivity index (χ0v) is 8.77. The summed E-state index contributed by atoms with van der Waals surface area (Å²) in [5, 5.41) is 0. The van der Waals surface area contributed by atoms with Gasteiger partial charge in [0.1, 0.15) is 0 Å². The van der Waals surface area contributed by atoms with Gasteiger partial charge in [-0.25, -0.2) is 0 Å². The lowest BCUT2D eigenvalue weighted by Gasteiger charge is -2.04. The molecule has 0 aromatic heterocycles. The number of hydroxylamine groups is 1. The van der Waals surface area contributed by atoms with Crippen LogP contribution in [0.3, 0.4) is 0 Å². The van der Waals surface area contributed by atoms with Crippen molar-refractivity contribution < 1.29 is 9.63 Å². The molecule has 0 aromatic carbocycles. The van der Waals surface area contributed by atoms with E-state index in [1.54, 1.807) is 0 Å². The summed E-state index contributed by atoms with van der Waals surface area (Å²) in [5.41, 5.74) is 2.66. The normalized spacial score (nSPS) is 10.0. The van der Waals surface area contributed by atoms with Crippen LogP contribution in [0.5, 0.6) is 0 Å². The minimum Gasteiger partial charge on any atom is -0.371 e. The first-order valence-electron chi connectivity index (χ1n) is 5.23. The maximum absolute atomic E-state index is 11.0. The van der Waals surface area contributed by atoms with E-state index in [1.807, 2.05) is 0 Å². The first-order chi connectivity index (χ1) is 6.31. The zero-order valence-electron chi connectivity index (χ0n) is 8.77. The van der Waals surface area contributed by atoms with E-state index < -0.39 is 0 Å². The SMILES string of the molecule is CCCCCC(=O)ONCCCC. The average molecular weight is 187 g/mol. The van der Waals surface area contributed by atoms with Crippen molar-refractivity contribution in [2.24, 2.45) is 0 Å². The maximum Gasteiger partial charge on any atom is 0.324 e. The van der Waals surface area contributed by atoms with Crippen LogP contribution in [0.1, 0.15) is 52.4 Å². The third kappa shape index (κ3) is 9.34. The fourth-order valence-electron chi connectivity index (χ4n) is 0.951. The van der Waals surface area contributed by atoms with E-state index >= 15 is 0 Å². The summed E-state index contributed by atoms with van der Waals surface area (Å²) in [5.74, 6) is -0.135. The highest BCUT2D eigenvalue weighted by Crippen LogP contribution is 1.99. The van der Waals surface area contributed by atoms with Gasteiger partial charge in [-0.2, -0.15) is 5.48 Å². The Bertz CT molecular complexity index is 126. The molecule has 0 aliphatic heterocycles. The highest BCUT2D eigenvalue weighted by Gasteiger charge is 2.00. The van der Waals surface area contributed by atoms with Crippen LogP contribution in [0, 0.1) is 0 Å². The van der Waals surface area contributed by atoms with E-state index in [0.29, 0.717) is 6.42 Å². The number of carbonyl (C=O) groups excluding carboxylic acids is 1. The first-order valence-corrected chi connectivity index (χ1v) is 5.23. The van der Waals surface area contributed by atoms with E-state index in [2.05, 4.69) is 19.3 Å². The number of nitrogens with one attached hydrogen (secondary N) is 1. The Morgan fingerprint density at radius 1 is 1.15 bits per heavy atom. The second-order valence-corrected chi connectivity index (χ2v) is 3.18. The monoisotopic (exact) mass is 187 g/mol. The predicted molar refractivity (Wildman–Crippen MR) is 53.1 cm³/mol. The molecule has 1 N–H and O–H groups in total. The van der Waals surface area contributed by atoms with E-state index in [-0.39, 0.29) is 5.97 Å². The largest absolute Gasteiger partial charge is 0.371 e. The second kappa shape index (κ2) is 9.52. The van der Waals surface area contributed by atoms with Gasteiger partial charge in [-0.1, -0.05) is 33.1 Å². The summed E-state index contributed by atoms with van der Waals surface area (Å²) in [6.45, 7) is 4.98. The van der Waals surface area contributed by atoms with Crippen molar-refractivity contribution in [3.05, 3.63) is 0 Å². The molecule has 0 radical (unpaired) electrons. The molecule has 0 aliphatic rings. The number of unbranched alkanes of at least 4 members (excludes halogenated alkanes) is 3. The Labute approximate surface area is 80.8 Å². The molecule has 0 saturated heterocycles. The van der Waals surface area contributed by atoms with Gasteiger partial charge >= 0.3 is 5.97 Å². The molecule has 0 heterocycles. The van der Waals surface area contributed by atoms with Gasteiger partial charge in [0, 0.05) is 13.0 Å². The molecule has 0 unspecified atom stereocenters. The third-order valence-electron chi connectivity index (χ3n) is 1.80. The molecular formula is C10H21NO2. The van der Waals surface area contributed by atoms with Crippen LogP contribution in [-0.2, 0) is 9.63 Å².